The molecule has 1 atom stereocenters. The van der Waals surface area contributed by atoms with Crippen LogP contribution in [0, 0.1) is 0 Å². The largest absolute Gasteiger partial charge is 0.455 e. The van der Waals surface area contributed by atoms with Gasteiger partial charge in [0.25, 0.3) is 0 Å². The number of benzene rings is 7. The Bertz CT molecular complexity index is 2720. The highest BCUT2D eigenvalue weighted by molar-refractivity contribution is 6.18. The minimum atomic E-state index is -0.315. The number of para-hydroxylation sites is 3. The van der Waals surface area contributed by atoms with E-state index in [1.54, 1.807) is 0 Å². The van der Waals surface area contributed by atoms with Crippen molar-refractivity contribution in [3.05, 3.63) is 169 Å². The zero-order valence-corrected chi connectivity index (χ0v) is 25.8. The van der Waals surface area contributed by atoms with E-state index < -0.39 is 0 Å². The lowest BCUT2D eigenvalue weighted by Crippen LogP contribution is -2.35. The number of nitrogens with one attached hydrogen (secondary N) is 1. The first kappa shape index (κ1) is 26.7. The predicted octanol–water partition coefficient (Wildman–Crippen LogP) is 10.5. The maximum atomic E-state index is 6.57. The van der Waals surface area contributed by atoms with Crippen molar-refractivity contribution in [1.82, 2.24) is 9.88 Å². The zero-order valence-electron chi connectivity index (χ0n) is 25.8. The number of amidine groups is 1. The molecule has 0 saturated heterocycles. The molecule has 0 saturated carbocycles. The van der Waals surface area contributed by atoms with Gasteiger partial charge in [-0.3, -0.25) is 4.57 Å². The van der Waals surface area contributed by atoms with Gasteiger partial charge in [-0.1, -0.05) is 121 Å². The third kappa shape index (κ3) is 4.18. The van der Waals surface area contributed by atoms with E-state index in [1.807, 2.05) is 6.07 Å². The molecule has 1 unspecified atom stereocenters. The predicted molar refractivity (Wildman–Crippen MR) is 198 cm³/mol. The first-order valence-corrected chi connectivity index (χ1v) is 16.2. The second kappa shape index (κ2) is 10.5. The quantitative estimate of drug-likeness (QED) is 0.215. The summed E-state index contributed by atoms with van der Waals surface area (Å²) in [6.07, 6.45) is -0.315. The first-order valence-electron chi connectivity index (χ1n) is 16.2. The van der Waals surface area contributed by atoms with Gasteiger partial charge >= 0.3 is 0 Å². The Labute approximate surface area is 276 Å². The fraction of sp³-hybridized carbons (Fsp3) is 0.0233. The van der Waals surface area contributed by atoms with Crippen LogP contribution in [0.4, 0.5) is 0 Å². The Morgan fingerprint density at radius 1 is 0.542 bits per heavy atom. The number of rotatable bonds is 3. The fourth-order valence-electron chi connectivity index (χ4n) is 7.16. The fourth-order valence-corrected chi connectivity index (χ4v) is 7.16. The van der Waals surface area contributed by atoms with Crippen molar-refractivity contribution in [3.8, 4) is 11.1 Å². The Hall–Kier alpha value is -6.46. The van der Waals surface area contributed by atoms with Crippen molar-refractivity contribution >= 4 is 66.3 Å². The van der Waals surface area contributed by atoms with E-state index in [4.69, 9.17) is 14.4 Å². The molecule has 5 nitrogen and oxygen atoms in total. The van der Waals surface area contributed by atoms with E-state index in [0.29, 0.717) is 5.96 Å². The van der Waals surface area contributed by atoms with Crippen LogP contribution >= 0.6 is 0 Å². The third-order valence-corrected chi connectivity index (χ3v) is 9.46. The molecule has 3 heterocycles. The van der Waals surface area contributed by atoms with Gasteiger partial charge in [0.2, 0.25) is 5.96 Å². The van der Waals surface area contributed by atoms with Gasteiger partial charge in [-0.15, -0.1) is 0 Å². The van der Waals surface area contributed by atoms with E-state index in [2.05, 4.69) is 162 Å². The Morgan fingerprint density at radius 3 is 2.04 bits per heavy atom. The molecule has 7 aromatic carbocycles. The number of hydrogen-bond donors (Lipinski definition) is 1. The molecule has 2 aromatic heterocycles. The summed E-state index contributed by atoms with van der Waals surface area (Å²) in [7, 11) is 0. The minimum absolute atomic E-state index is 0.315. The standard InChI is InChI=1S/C43H28N4O/c1-2-12-28(13-3-1)41-44-42(46-43(45-41)47-37-19-8-6-15-33(37)34-16-7-9-20-38(34)47)31-23-24-39-36(26-31)35-18-10-17-32(40(35)48-39)30-22-21-27-11-4-5-14-29(27)25-30/h1-26,41H,(H,44,45,46). The Kier molecular flexibility index (Phi) is 5.87. The number of nitrogens with zero attached hydrogens (tertiary/aromatic N) is 3. The summed E-state index contributed by atoms with van der Waals surface area (Å²) in [4.78, 5) is 10.4. The molecule has 5 heteroatoms. The van der Waals surface area contributed by atoms with Crippen molar-refractivity contribution in [3.63, 3.8) is 0 Å². The van der Waals surface area contributed by atoms with Crippen molar-refractivity contribution < 1.29 is 4.42 Å². The molecule has 10 rings (SSSR count). The molecule has 1 N–H and O–H groups in total. The topological polar surface area (TPSA) is 54.8 Å². The molecule has 0 spiro atoms. The number of aliphatic imine (C=N–C) groups is 2. The maximum absolute atomic E-state index is 6.57. The number of aromatic nitrogens is 1. The van der Waals surface area contributed by atoms with Crippen LogP contribution in [-0.2, 0) is 0 Å². The smallest absolute Gasteiger partial charge is 0.234 e. The summed E-state index contributed by atoms with van der Waals surface area (Å²) in [5, 5.41) is 10.6. The van der Waals surface area contributed by atoms with Gasteiger partial charge in [0, 0.05) is 32.7 Å². The lowest BCUT2D eigenvalue weighted by Gasteiger charge is -2.24. The highest BCUT2D eigenvalue weighted by atomic mass is 16.3. The van der Waals surface area contributed by atoms with Crippen molar-refractivity contribution in [2.24, 2.45) is 9.98 Å². The average Bonchev–Trinajstić information content (AvgIpc) is 3.70. The monoisotopic (exact) mass is 616 g/mol. The van der Waals surface area contributed by atoms with Crippen molar-refractivity contribution in [2.75, 3.05) is 0 Å². The van der Waals surface area contributed by atoms with Gasteiger partial charge in [0.1, 0.15) is 23.2 Å². The Balaban J connectivity index is 1.14. The molecule has 0 fully saturated rings. The lowest BCUT2D eigenvalue weighted by atomic mass is 9.99. The van der Waals surface area contributed by atoms with Gasteiger partial charge in [-0.2, -0.15) is 4.99 Å². The second-order valence-electron chi connectivity index (χ2n) is 12.3. The molecule has 1 aliphatic heterocycles. The van der Waals surface area contributed by atoms with Crippen LogP contribution in [-0.4, -0.2) is 16.4 Å². The summed E-state index contributed by atoms with van der Waals surface area (Å²) in [5.41, 5.74) is 8.12. The molecule has 226 valence electrons. The SMILES string of the molecule is c1ccc(C2N=C(n3c4ccccc4c4ccccc43)N=C(c3ccc4oc5c(-c6ccc7ccccc7c6)cccc5c4c3)N2)cc1. The molecule has 9 aromatic rings. The van der Waals surface area contributed by atoms with Gasteiger partial charge in [-0.05, 0) is 58.3 Å². The Morgan fingerprint density at radius 2 is 1.23 bits per heavy atom. The van der Waals surface area contributed by atoms with Crippen LogP contribution in [0.3, 0.4) is 0 Å². The van der Waals surface area contributed by atoms with Crippen LogP contribution in [0.25, 0.3) is 65.6 Å². The summed E-state index contributed by atoms with van der Waals surface area (Å²) < 4.78 is 8.75. The average molecular weight is 617 g/mol. The van der Waals surface area contributed by atoms with Gasteiger partial charge in [0.15, 0.2) is 0 Å². The van der Waals surface area contributed by atoms with Gasteiger partial charge in [-0.25, -0.2) is 4.99 Å². The van der Waals surface area contributed by atoms with Crippen LogP contribution in [0.1, 0.15) is 17.3 Å². The maximum Gasteiger partial charge on any atom is 0.234 e. The van der Waals surface area contributed by atoms with Gasteiger partial charge < -0.3 is 9.73 Å². The summed E-state index contributed by atoms with van der Waals surface area (Å²) in [5.74, 6) is 1.41. The molecule has 0 radical (unpaired) electrons. The number of hydrogen-bond acceptors (Lipinski definition) is 4. The first-order chi connectivity index (χ1) is 23.8. The van der Waals surface area contributed by atoms with E-state index in [-0.39, 0.29) is 6.17 Å². The van der Waals surface area contributed by atoms with Crippen molar-refractivity contribution in [1.29, 1.82) is 0 Å². The normalized spacial score (nSPS) is 14.9. The van der Waals surface area contributed by atoms with Gasteiger partial charge in [0.05, 0.1) is 11.0 Å². The lowest BCUT2D eigenvalue weighted by molar-refractivity contribution is 0.667. The highest BCUT2D eigenvalue weighted by Gasteiger charge is 2.24. The molecule has 48 heavy (non-hydrogen) atoms. The zero-order chi connectivity index (χ0) is 31.6. The second-order valence-corrected chi connectivity index (χ2v) is 12.3. The summed E-state index contributed by atoms with van der Waals surface area (Å²) in [6.45, 7) is 0. The highest BCUT2D eigenvalue weighted by Crippen LogP contribution is 2.38. The molecule has 0 bridgehead atoms. The number of furan rings is 1. The number of fused-ring (bicyclic) bond motifs is 7. The van der Waals surface area contributed by atoms with Crippen LogP contribution < -0.4 is 5.32 Å². The van der Waals surface area contributed by atoms with Crippen molar-refractivity contribution in [2.45, 2.75) is 6.17 Å². The molecular formula is C43H28N4O. The third-order valence-electron chi connectivity index (χ3n) is 9.46. The van der Waals surface area contributed by atoms with Crippen LogP contribution in [0.15, 0.2) is 172 Å². The minimum Gasteiger partial charge on any atom is -0.455 e. The van der Waals surface area contributed by atoms with E-state index >= 15 is 0 Å². The van der Waals surface area contributed by atoms with E-state index in [9.17, 15) is 0 Å². The van der Waals surface area contributed by atoms with E-state index in [0.717, 1.165) is 61.1 Å². The van der Waals surface area contributed by atoms with E-state index in [1.165, 1.54) is 21.5 Å². The van der Waals surface area contributed by atoms with Crippen LogP contribution in [0.2, 0.25) is 0 Å². The molecule has 1 aliphatic rings. The molecular weight excluding hydrogens is 589 g/mol. The molecule has 0 aliphatic carbocycles. The summed E-state index contributed by atoms with van der Waals surface area (Å²) >= 11 is 0. The molecule has 0 amide bonds. The summed E-state index contributed by atoms with van der Waals surface area (Å²) in [6, 6.07) is 55.0. The van der Waals surface area contributed by atoms with Crippen LogP contribution in [0.5, 0.6) is 0 Å².